The second-order valence-corrected chi connectivity index (χ2v) is 17.1. The van der Waals surface area contributed by atoms with E-state index in [0.29, 0.717) is 12.8 Å². The van der Waals surface area contributed by atoms with Gasteiger partial charge in [-0.2, -0.15) is 0 Å². The highest BCUT2D eigenvalue weighted by Crippen LogP contribution is 2.47. The van der Waals surface area contributed by atoms with Crippen molar-refractivity contribution in [3.05, 3.63) is 0 Å². The first kappa shape index (κ1) is 51.3. The number of phosphoric acid groups is 1. The smallest absolute Gasteiger partial charge is 0.393 e. The third-order valence-corrected chi connectivity index (χ3v) is 11.7. The molecule has 0 spiro atoms. The molecule has 54 heavy (non-hydrogen) atoms. The van der Waals surface area contributed by atoms with Gasteiger partial charge in [-0.15, -0.1) is 0 Å². The number of rotatable bonds is 35. The number of carbonyl (C=O) groups is 1. The highest BCUT2D eigenvalue weighted by molar-refractivity contribution is 7.47. The molecule has 0 aromatic rings. The van der Waals surface area contributed by atoms with Crippen molar-refractivity contribution in [2.45, 2.75) is 242 Å². The first-order chi connectivity index (χ1) is 25.8. The van der Waals surface area contributed by atoms with Crippen LogP contribution in [0, 0.1) is 0 Å². The van der Waals surface area contributed by atoms with Gasteiger partial charge in [0, 0.05) is 0 Å². The molecule has 1 aliphatic rings. The number of phosphoric ester groups is 1. The quantitative estimate of drug-likeness (QED) is 0.0263. The molecule has 0 heterocycles. The van der Waals surface area contributed by atoms with Gasteiger partial charge in [0.05, 0.1) is 31.3 Å². The summed E-state index contributed by atoms with van der Waals surface area (Å²) in [5, 5.41) is 74.2. The molecule has 13 nitrogen and oxygen atoms in total. The van der Waals surface area contributed by atoms with E-state index in [1.807, 2.05) is 0 Å². The molecule has 0 aromatic heterocycles. The Morgan fingerprint density at radius 2 is 0.926 bits per heavy atom. The van der Waals surface area contributed by atoms with E-state index in [2.05, 4.69) is 19.2 Å². The Morgan fingerprint density at radius 1 is 0.574 bits per heavy atom. The van der Waals surface area contributed by atoms with Gasteiger partial charge < -0.3 is 46.0 Å². The lowest BCUT2D eigenvalue weighted by Crippen LogP contribution is -2.64. The Morgan fingerprint density at radius 3 is 1.33 bits per heavy atom. The zero-order chi connectivity index (χ0) is 40.2. The van der Waals surface area contributed by atoms with Crippen LogP contribution in [0.4, 0.5) is 0 Å². The molecule has 1 amide bonds. The van der Waals surface area contributed by atoms with E-state index >= 15 is 0 Å². The van der Waals surface area contributed by atoms with E-state index in [-0.39, 0.29) is 12.8 Å². The topological polar surface area (TPSA) is 226 Å². The van der Waals surface area contributed by atoms with E-state index in [0.717, 1.165) is 51.4 Å². The van der Waals surface area contributed by atoms with Crippen LogP contribution in [-0.2, 0) is 18.4 Å². The molecule has 0 bridgehead atoms. The minimum Gasteiger partial charge on any atom is -0.393 e. The Kier molecular flexibility index (Phi) is 29.8. The van der Waals surface area contributed by atoms with Crippen molar-refractivity contribution in [2.75, 3.05) is 6.61 Å². The van der Waals surface area contributed by atoms with Gasteiger partial charge in [0.15, 0.2) is 0 Å². The third-order valence-electron chi connectivity index (χ3n) is 10.7. The fraction of sp³-hybridized carbons (Fsp3) is 0.975. The summed E-state index contributed by atoms with van der Waals surface area (Å²) in [5.74, 6) is -0.562. The van der Waals surface area contributed by atoms with Crippen LogP contribution in [-0.4, -0.2) is 108 Å². The second-order valence-electron chi connectivity index (χ2n) is 15.7. The lowest BCUT2D eigenvalue weighted by atomic mass is 9.85. The summed E-state index contributed by atoms with van der Waals surface area (Å²) in [6.07, 6.45) is 14.7. The van der Waals surface area contributed by atoms with Gasteiger partial charge in [-0.3, -0.25) is 13.8 Å². The number of aliphatic hydroxyl groups excluding tert-OH is 7. The monoisotopic (exact) mass is 798 g/mol. The van der Waals surface area contributed by atoms with Crippen LogP contribution < -0.4 is 5.32 Å². The van der Waals surface area contributed by atoms with Gasteiger partial charge in [-0.05, 0) is 12.8 Å². The molecule has 8 atom stereocenters. The maximum Gasteiger partial charge on any atom is 0.472 e. The van der Waals surface area contributed by atoms with Crippen LogP contribution in [0.5, 0.6) is 0 Å². The predicted molar refractivity (Wildman–Crippen MR) is 211 cm³/mol. The van der Waals surface area contributed by atoms with Gasteiger partial charge in [0.25, 0.3) is 0 Å². The van der Waals surface area contributed by atoms with Gasteiger partial charge in [0.1, 0.15) is 36.6 Å². The molecule has 0 aliphatic heterocycles. The molecule has 1 aliphatic carbocycles. The average molecular weight is 798 g/mol. The summed E-state index contributed by atoms with van der Waals surface area (Å²) < 4.78 is 22.8. The van der Waals surface area contributed by atoms with Crippen molar-refractivity contribution in [2.24, 2.45) is 0 Å². The van der Waals surface area contributed by atoms with E-state index in [1.54, 1.807) is 0 Å². The third kappa shape index (κ3) is 23.5. The number of hydrogen-bond acceptors (Lipinski definition) is 11. The number of hydrogen-bond donors (Lipinski definition) is 9. The average Bonchev–Trinajstić information content (AvgIpc) is 3.14. The Labute approximate surface area is 326 Å². The zero-order valence-electron chi connectivity index (χ0n) is 33.7. The summed E-state index contributed by atoms with van der Waals surface area (Å²) >= 11 is 0. The summed E-state index contributed by atoms with van der Waals surface area (Å²) in [6, 6.07) is -1.15. The summed E-state index contributed by atoms with van der Waals surface area (Å²) in [5.41, 5.74) is 0. The van der Waals surface area contributed by atoms with Crippen molar-refractivity contribution >= 4 is 13.7 Å². The Bertz CT molecular complexity index is 948. The minimum atomic E-state index is -5.10. The van der Waals surface area contributed by atoms with Crippen molar-refractivity contribution in [3.63, 3.8) is 0 Å². The highest BCUT2D eigenvalue weighted by Gasteiger charge is 2.51. The van der Waals surface area contributed by atoms with Crippen LogP contribution >= 0.6 is 7.82 Å². The first-order valence-electron chi connectivity index (χ1n) is 21.6. The molecule has 1 saturated carbocycles. The lowest BCUT2D eigenvalue weighted by molar-refractivity contribution is -0.220. The molecule has 322 valence electrons. The van der Waals surface area contributed by atoms with Crippen molar-refractivity contribution in [3.8, 4) is 0 Å². The van der Waals surface area contributed by atoms with E-state index in [1.165, 1.54) is 96.3 Å². The van der Waals surface area contributed by atoms with Crippen LogP contribution in [0.2, 0.25) is 0 Å². The van der Waals surface area contributed by atoms with Crippen molar-refractivity contribution in [1.29, 1.82) is 0 Å². The molecule has 1 rings (SSSR count). The summed E-state index contributed by atoms with van der Waals surface area (Å²) in [6.45, 7) is 3.73. The summed E-state index contributed by atoms with van der Waals surface area (Å²) in [4.78, 5) is 23.3. The summed E-state index contributed by atoms with van der Waals surface area (Å²) in [7, 11) is -5.10. The molecule has 9 N–H and O–H groups in total. The lowest BCUT2D eigenvalue weighted by Gasteiger charge is -2.41. The molecular weight excluding hydrogens is 717 g/mol. The van der Waals surface area contributed by atoms with Crippen LogP contribution in [0.25, 0.3) is 0 Å². The molecule has 0 aromatic carbocycles. The standard InChI is InChI=1S/C40H80NO12P/c1-3-5-7-9-11-12-13-14-15-16-17-18-19-20-22-24-26-28-33(43)32(41-34(44)29-31(42)27-25-23-21-10-8-6-4-2)30-52-54(50,51)53-40-38(48)36(46)35(45)37(47)39(40)49/h31-33,35-40,42-43,45-49H,3-30H2,1-2H3,(H,41,44)(H,50,51). The molecule has 0 radical (unpaired) electrons. The van der Waals surface area contributed by atoms with Crippen LogP contribution in [0.15, 0.2) is 0 Å². The number of aliphatic hydroxyl groups is 7. The van der Waals surface area contributed by atoms with Gasteiger partial charge in [0.2, 0.25) is 5.91 Å². The zero-order valence-corrected chi connectivity index (χ0v) is 34.5. The number of amides is 1. The highest BCUT2D eigenvalue weighted by atomic mass is 31.2. The van der Waals surface area contributed by atoms with Gasteiger partial charge >= 0.3 is 7.82 Å². The molecule has 1 fully saturated rings. The van der Waals surface area contributed by atoms with Gasteiger partial charge in [-0.1, -0.05) is 168 Å². The van der Waals surface area contributed by atoms with Crippen LogP contribution in [0.1, 0.15) is 187 Å². The van der Waals surface area contributed by atoms with Crippen LogP contribution in [0.3, 0.4) is 0 Å². The minimum absolute atomic E-state index is 0.218. The molecule has 0 saturated heterocycles. The first-order valence-corrected chi connectivity index (χ1v) is 23.1. The fourth-order valence-corrected chi connectivity index (χ4v) is 8.09. The van der Waals surface area contributed by atoms with E-state index < -0.39 is 75.2 Å². The van der Waals surface area contributed by atoms with E-state index in [4.69, 9.17) is 9.05 Å². The van der Waals surface area contributed by atoms with Crippen molar-refractivity contribution in [1.82, 2.24) is 5.32 Å². The number of nitrogens with one attached hydrogen (secondary N) is 1. The predicted octanol–water partition coefficient (Wildman–Crippen LogP) is 6.09. The normalized spacial score (nSPS) is 24.6. The SMILES string of the molecule is CCCCCCCCCCCCCCCCCCCC(O)C(COP(=O)(O)OC1C(O)C(O)C(O)C(O)C1O)NC(=O)CC(O)CCCCCCCCC. The number of carbonyl (C=O) groups excluding carboxylic acids is 1. The number of unbranched alkanes of at least 4 members (excludes halogenated alkanes) is 22. The maximum absolute atomic E-state index is 12.9. The second kappa shape index (κ2) is 31.3. The maximum atomic E-state index is 12.9. The Balaban J connectivity index is 2.53. The molecule has 14 heteroatoms. The fourth-order valence-electron chi connectivity index (χ4n) is 7.13. The molecule has 8 unspecified atom stereocenters. The Hall–Kier alpha value is -0.700. The van der Waals surface area contributed by atoms with Crippen molar-refractivity contribution < 1.29 is 59.0 Å². The largest absolute Gasteiger partial charge is 0.472 e. The van der Waals surface area contributed by atoms with E-state index in [9.17, 15) is 50.0 Å². The van der Waals surface area contributed by atoms with Gasteiger partial charge in [-0.25, -0.2) is 4.57 Å². The molecular formula is C40H80NO12P.